The number of rotatable bonds is 8. The second kappa shape index (κ2) is 8.82. The maximum Gasteiger partial charge on any atom is 0.325 e. The quantitative estimate of drug-likeness (QED) is 0.503. The van der Waals surface area contributed by atoms with Crippen LogP contribution in [0.1, 0.15) is 17.5 Å². The first kappa shape index (κ1) is 19.7. The zero-order valence-corrected chi connectivity index (χ0v) is 16.6. The van der Waals surface area contributed by atoms with Gasteiger partial charge in [-0.2, -0.15) is 0 Å². The maximum atomic E-state index is 12.5. The first-order valence-electron chi connectivity index (χ1n) is 10.1. The number of urea groups is 1. The molecule has 7 nitrogen and oxygen atoms in total. The monoisotopic (exact) mass is 404 g/mol. The number of aryl methyl sites for hydroxylation is 1. The fraction of sp³-hybridized carbons (Fsp3) is 0.261. The molecular formula is C23H24N4O3. The molecule has 4 amide bonds. The molecule has 1 aromatic heterocycles. The van der Waals surface area contributed by atoms with Crippen LogP contribution in [0.15, 0.2) is 60.8 Å². The number of aromatic amines is 1. The van der Waals surface area contributed by atoms with Gasteiger partial charge < -0.3 is 15.6 Å². The molecule has 1 saturated heterocycles. The number of amides is 4. The van der Waals surface area contributed by atoms with Crippen molar-refractivity contribution < 1.29 is 14.4 Å². The molecule has 0 radical (unpaired) electrons. The van der Waals surface area contributed by atoms with Crippen molar-refractivity contribution >= 4 is 28.7 Å². The molecule has 1 aliphatic heterocycles. The molecule has 1 aliphatic rings. The number of carbonyl (C=O) groups is 3. The van der Waals surface area contributed by atoms with E-state index >= 15 is 0 Å². The highest BCUT2D eigenvalue weighted by Crippen LogP contribution is 2.17. The van der Waals surface area contributed by atoms with Gasteiger partial charge in [0.15, 0.2) is 0 Å². The summed E-state index contributed by atoms with van der Waals surface area (Å²) >= 11 is 0. The van der Waals surface area contributed by atoms with Gasteiger partial charge in [-0.15, -0.1) is 0 Å². The number of fused-ring (bicyclic) bond motifs is 1. The summed E-state index contributed by atoms with van der Waals surface area (Å²) in [6.07, 6.45) is 3.79. The van der Waals surface area contributed by atoms with Crippen molar-refractivity contribution in [2.75, 3.05) is 13.1 Å². The molecule has 0 saturated carbocycles. The zero-order valence-electron chi connectivity index (χ0n) is 16.6. The Morgan fingerprint density at radius 2 is 1.77 bits per heavy atom. The number of nitrogens with one attached hydrogen (secondary N) is 3. The van der Waals surface area contributed by atoms with Gasteiger partial charge in [0.05, 0.1) is 0 Å². The van der Waals surface area contributed by atoms with Crippen molar-refractivity contribution in [1.29, 1.82) is 0 Å². The molecule has 30 heavy (non-hydrogen) atoms. The Balaban J connectivity index is 1.25. The SMILES string of the molecule is O=C(CN1C(=O)N[C@@H](CCc2ccccc2)C1=O)NCCc1c[nH]c2ccccc12. The van der Waals surface area contributed by atoms with Crippen LogP contribution in [0, 0.1) is 0 Å². The summed E-state index contributed by atoms with van der Waals surface area (Å²) in [5.74, 6) is -0.690. The Morgan fingerprint density at radius 1 is 1.00 bits per heavy atom. The minimum Gasteiger partial charge on any atom is -0.361 e. The summed E-state index contributed by atoms with van der Waals surface area (Å²) in [5, 5.41) is 6.61. The van der Waals surface area contributed by atoms with Crippen LogP contribution >= 0.6 is 0 Å². The summed E-state index contributed by atoms with van der Waals surface area (Å²) < 4.78 is 0. The molecule has 1 atom stereocenters. The van der Waals surface area contributed by atoms with E-state index in [4.69, 9.17) is 0 Å². The molecule has 1 fully saturated rings. The zero-order chi connectivity index (χ0) is 20.9. The fourth-order valence-electron chi connectivity index (χ4n) is 3.75. The highest BCUT2D eigenvalue weighted by molar-refractivity contribution is 6.06. The molecule has 7 heteroatoms. The van der Waals surface area contributed by atoms with E-state index in [1.165, 1.54) is 0 Å². The maximum absolute atomic E-state index is 12.5. The van der Waals surface area contributed by atoms with Gasteiger partial charge in [0.2, 0.25) is 5.91 Å². The van der Waals surface area contributed by atoms with Crippen LogP contribution < -0.4 is 10.6 Å². The Kier molecular flexibility index (Phi) is 5.79. The van der Waals surface area contributed by atoms with E-state index in [2.05, 4.69) is 15.6 Å². The van der Waals surface area contributed by atoms with Gasteiger partial charge in [-0.25, -0.2) is 4.79 Å². The second-order valence-corrected chi connectivity index (χ2v) is 7.41. The van der Waals surface area contributed by atoms with Gasteiger partial charge in [-0.3, -0.25) is 14.5 Å². The Hall–Kier alpha value is -3.61. The minimum absolute atomic E-state index is 0.264. The number of para-hydroxylation sites is 1. The predicted molar refractivity (Wildman–Crippen MR) is 114 cm³/mol. The fourth-order valence-corrected chi connectivity index (χ4v) is 3.75. The summed E-state index contributed by atoms with van der Waals surface area (Å²) in [4.78, 5) is 41.2. The van der Waals surface area contributed by atoms with Gasteiger partial charge in [0, 0.05) is 23.6 Å². The van der Waals surface area contributed by atoms with Crippen molar-refractivity contribution in [3.8, 4) is 0 Å². The van der Waals surface area contributed by atoms with Gasteiger partial charge in [0.1, 0.15) is 12.6 Å². The molecule has 0 spiro atoms. The number of nitrogens with zero attached hydrogens (tertiary/aromatic N) is 1. The molecule has 2 aromatic carbocycles. The van der Waals surface area contributed by atoms with E-state index in [-0.39, 0.29) is 18.4 Å². The van der Waals surface area contributed by atoms with Crippen LogP contribution in [0.5, 0.6) is 0 Å². The van der Waals surface area contributed by atoms with Crippen molar-refractivity contribution in [2.24, 2.45) is 0 Å². The molecule has 154 valence electrons. The molecular weight excluding hydrogens is 380 g/mol. The lowest BCUT2D eigenvalue weighted by Crippen LogP contribution is -2.41. The highest BCUT2D eigenvalue weighted by atomic mass is 16.2. The normalized spacial score (nSPS) is 16.1. The molecule has 2 heterocycles. The van der Waals surface area contributed by atoms with Crippen LogP contribution in [-0.2, 0) is 22.4 Å². The number of hydrogen-bond donors (Lipinski definition) is 3. The van der Waals surface area contributed by atoms with E-state index < -0.39 is 12.1 Å². The van der Waals surface area contributed by atoms with Gasteiger partial charge in [-0.05, 0) is 36.5 Å². The highest BCUT2D eigenvalue weighted by Gasteiger charge is 2.38. The number of carbonyl (C=O) groups excluding carboxylic acids is 3. The standard InChI is InChI=1S/C23H24N4O3/c28-21(24-13-12-17-14-25-19-9-5-4-8-18(17)19)15-27-22(29)20(26-23(27)30)11-10-16-6-2-1-3-7-16/h1-9,14,20,25H,10-13,15H2,(H,24,28)(H,26,30)/t20-/m0/s1. The van der Waals surface area contributed by atoms with Gasteiger partial charge in [0.25, 0.3) is 5.91 Å². The largest absolute Gasteiger partial charge is 0.361 e. The Labute approximate surface area is 174 Å². The number of aromatic nitrogens is 1. The van der Waals surface area contributed by atoms with Crippen LogP contribution in [0.2, 0.25) is 0 Å². The molecule has 3 N–H and O–H groups in total. The van der Waals surface area contributed by atoms with Crippen LogP contribution in [0.3, 0.4) is 0 Å². The molecule has 3 aromatic rings. The molecule has 0 aliphatic carbocycles. The predicted octanol–water partition coefficient (Wildman–Crippen LogP) is 2.38. The molecule has 4 rings (SSSR count). The third kappa shape index (κ3) is 4.35. The third-order valence-electron chi connectivity index (χ3n) is 5.36. The van der Waals surface area contributed by atoms with Crippen molar-refractivity contribution in [3.63, 3.8) is 0 Å². The average molecular weight is 404 g/mol. The Morgan fingerprint density at radius 3 is 2.60 bits per heavy atom. The number of hydrogen-bond acceptors (Lipinski definition) is 3. The average Bonchev–Trinajstić information content (AvgIpc) is 3.29. The van der Waals surface area contributed by atoms with Gasteiger partial charge in [-0.1, -0.05) is 48.5 Å². The lowest BCUT2D eigenvalue weighted by atomic mass is 10.1. The number of imide groups is 1. The topological polar surface area (TPSA) is 94.3 Å². The van der Waals surface area contributed by atoms with Gasteiger partial charge >= 0.3 is 6.03 Å². The van der Waals surface area contributed by atoms with E-state index in [0.717, 1.165) is 26.9 Å². The summed E-state index contributed by atoms with van der Waals surface area (Å²) in [7, 11) is 0. The second-order valence-electron chi connectivity index (χ2n) is 7.41. The first-order valence-corrected chi connectivity index (χ1v) is 10.1. The summed E-state index contributed by atoms with van der Waals surface area (Å²) in [6.45, 7) is 0.169. The van der Waals surface area contributed by atoms with Crippen molar-refractivity contribution in [1.82, 2.24) is 20.5 Å². The van der Waals surface area contributed by atoms with Crippen LogP contribution in [-0.4, -0.2) is 46.9 Å². The summed E-state index contributed by atoms with van der Waals surface area (Å²) in [6, 6.07) is 16.7. The number of benzene rings is 2. The van der Waals surface area contributed by atoms with E-state index in [0.29, 0.717) is 25.8 Å². The van der Waals surface area contributed by atoms with Crippen LogP contribution in [0.25, 0.3) is 10.9 Å². The molecule has 0 bridgehead atoms. The number of H-pyrrole nitrogens is 1. The lowest BCUT2D eigenvalue weighted by Gasteiger charge is -2.13. The smallest absolute Gasteiger partial charge is 0.325 e. The minimum atomic E-state index is -0.586. The summed E-state index contributed by atoms with van der Waals surface area (Å²) in [5.41, 5.74) is 3.27. The van der Waals surface area contributed by atoms with E-state index in [1.807, 2.05) is 60.8 Å². The third-order valence-corrected chi connectivity index (χ3v) is 5.36. The van der Waals surface area contributed by atoms with Crippen molar-refractivity contribution in [3.05, 3.63) is 71.9 Å². The Bertz CT molecular complexity index is 1060. The first-order chi connectivity index (χ1) is 14.6. The van der Waals surface area contributed by atoms with Crippen LogP contribution in [0.4, 0.5) is 4.79 Å². The lowest BCUT2D eigenvalue weighted by molar-refractivity contribution is -0.132. The van der Waals surface area contributed by atoms with E-state index in [1.54, 1.807) is 0 Å². The molecule has 0 unspecified atom stereocenters. The van der Waals surface area contributed by atoms with Crippen molar-refractivity contribution in [2.45, 2.75) is 25.3 Å². The van der Waals surface area contributed by atoms with E-state index in [9.17, 15) is 14.4 Å².